The molecule has 0 spiro atoms. The lowest BCUT2D eigenvalue weighted by molar-refractivity contribution is -0.125. The number of allylic oxidation sites excluding steroid dienone is 1. The maximum Gasteiger partial charge on any atom is 0.253 e. The maximum atomic E-state index is 11.8. The van der Waals surface area contributed by atoms with Crippen LogP contribution in [0.4, 0.5) is 5.69 Å². The van der Waals surface area contributed by atoms with Crippen LogP contribution in [0.3, 0.4) is 0 Å². The molecule has 1 N–H and O–H groups in total. The van der Waals surface area contributed by atoms with Crippen LogP contribution in [0.2, 0.25) is 0 Å². The molecule has 4 nitrogen and oxygen atoms in total. The second kappa shape index (κ2) is 7.25. The standard InChI is InChI=1S/C14H16N2O2/c1-3-4-9-18-11(2)14(17)16-13-8-6-5-7-12(13)10-15/h3-8,11H,9H2,1-2H3,(H,16,17). The van der Waals surface area contributed by atoms with Crippen LogP contribution in [0.25, 0.3) is 0 Å². The van der Waals surface area contributed by atoms with Crippen LogP contribution in [0.1, 0.15) is 19.4 Å². The second-order valence-electron chi connectivity index (χ2n) is 3.69. The minimum absolute atomic E-state index is 0.262. The van der Waals surface area contributed by atoms with Crippen molar-refractivity contribution in [2.75, 3.05) is 11.9 Å². The van der Waals surface area contributed by atoms with E-state index in [9.17, 15) is 4.79 Å². The average molecular weight is 244 g/mol. The first-order valence-electron chi connectivity index (χ1n) is 5.71. The van der Waals surface area contributed by atoms with Crippen molar-refractivity contribution in [3.63, 3.8) is 0 Å². The van der Waals surface area contributed by atoms with Gasteiger partial charge in [-0.1, -0.05) is 24.3 Å². The number of hydrogen-bond acceptors (Lipinski definition) is 3. The number of amides is 1. The van der Waals surface area contributed by atoms with Crippen LogP contribution < -0.4 is 5.32 Å². The third-order valence-corrected chi connectivity index (χ3v) is 2.35. The Labute approximate surface area is 107 Å². The number of carbonyl (C=O) groups excluding carboxylic acids is 1. The molecule has 0 heterocycles. The van der Waals surface area contributed by atoms with Crippen molar-refractivity contribution in [3.8, 4) is 6.07 Å². The highest BCUT2D eigenvalue weighted by Crippen LogP contribution is 2.14. The molecule has 1 aromatic carbocycles. The van der Waals surface area contributed by atoms with Gasteiger partial charge < -0.3 is 10.1 Å². The van der Waals surface area contributed by atoms with E-state index < -0.39 is 6.10 Å². The summed E-state index contributed by atoms with van der Waals surface area (Å²) in [5.74, 6) is -0.262. The molecule has 0 aliphatic heterocycles. The van der Waals surface area contributed by atoms with Crippen molar-refractivity contribution >= 4 is 11.6 Å². The molecular formula is C14H16N2O2. The zero-order valence-electron chi connectivity index (χ0n) is 10.5. The Morgan fingerprint density at radius 2 is 2.28 bits per heavy atom. The molecular weight excluding hydrogens is 228 g/mol. The fourth-order valence-corrected chi connectivity index (χ4v) is 1.30. The van der Waals surface area contributed by atoms with Gasteiger partial charge in [0, 0.05) is 0 Å². The van der Waals surface area contributed by atoms with Crippen LogP contribution in [-0.2, 0) is 9.53 Å². The number of ether oxygens (including phenoxy) is 1. The molecule has 0 radical (unpaired) electrons. The van der Waals surface area contributed by atoms with E-state index in [1.54, 1.807) is 31.2 Å². The molecule has 0 bridgehead atoms. The quantitative estimate of drug-likeness (QED) is 0.809. The highest BCUT2D eigenvalue weighted by atomic mass is 16.5. The van der Waals surface area contributed by atoms with Gasteiger partial charge >= 0.3 is 0 Å². The molecule has 1 rings (SSSR count). The normalized spacial score (nSPS) is 12.1. The summed E-state index contributed by atoms with van der Waals surface area (Å²) in [6.07, 6.45) is 3.12. The summed E-state index contributed by atoms with van der Waals surface area (Å²) in [5, 5.41) is 11.6. The van der Waals surface area contributed by atoms with Crippen LogP contribution >= 0.6 is 0 Å². The Balaban J connectivity index is 2.61. The van der Waals surface area contributed by atoms with E-state index in [0.717, 1.165) is 0 Å². The van der Waals surface area contributed by atoms with Gasteiger partial charge in [0.2, 0.25) is 0 Å². The minimum atomic E-state index is -0.562. The van der Waals surface area contributed by atoms with Crippen molar-refractivity contribution in [1.29, 1.82) is 5.26 Å². The number of para-hydroxylation sites is 1. The Hall–Kier alpha value is -2.12. The van der Waals surface area contributed by atoms with Gasteiger partial charge in [0.15, 0.2) is 0 Å². The monoisotopic (exact) mass is 244 g/mol. The first-order valence-corrected chi connectivity index (χ1v) is 5.71. The van der Waals surface area contributed by atoms with Crippen LogP contribution in [0.15, 0.2) is 36.4 Å². The summed E-state index contributed by atoms with van der Waals surface area (Å²) in [7, 11) is 0. The van der Waals surface area contributed by atoms with Crippen LogP contribution in [0.5, 0.6) is 0 Å². The van der Waals surface area contributed by atoms with Crippen molar-refractivity contribution in [1.82, 2.24) is 0 Å². The highest BCUT2D eigenvalue weighted by Gasteiger charge is 2.14. The fourth-order valence-electron chi connectivity index (χ4n) is 1.30. The molecule has 0 aromatic heterocycles. The van der Waals surface area contributed by atoms with E-state index in [0.29, 0.717) is 17.9 Å². The third kappa shape index (κ3) is 4.04. The van der Waals surface area contributed by atoms with Crippen molar-refractivity contribution in [3.05, 3.63) is 42.0 Å². The summed E-state index contributed by atoms with van der Waals surface area (Å²) in [5.41, 5.74) is 0.943. The molecule has 1 aromatic rings. The molecule has 4 heteroatoms. The highest BCUT2D eigenvalue weighted by molar-refractivity contribution is 5.95. The van der Waals surface area contributed by atoms with Gasteiger partial charge in [-0.25, -0.2) is 0 Å². The van der Waals surface area contributed by atoms with E-state index in [-0.39, 0.29) is 5.91 Å². The summed E-state index contributed by atoms with van der Waals surface area (Å²) in [4.78, 5) is 11.8. The zero-order chi connectivity index (χ0) is 13.4. The molecule has 1 atom stereocenters. The van der Waals surface area contributed by atoms with Crippen LogP contribution in [-0.4, -0.2) is 18.6 Å². The first-order chi connectivity index (χ1) is 8.69. The van der Waals surface area contributed by atoms with Gasteiger partial charge in [0.1, 0.15) is 12.2 Å². The SMILES string of the molecule is CC=CCOC(C)C(=O)Nc1ccccc1C#N. The molecule has 1 amide bonds. The Bertz CT molecular complexity index is 475. The number of nitriles is 1. The predicted molar refractivity (Wildman–Crippen MR) is 70.0 cm³/mol. The lowest BCUT2D eigenvalue weighted by atomic mass is 10.2. The Morgan fingerprint density at radius 1 is 1.56 bits per heavy atom. The lowest BCUT2D eigenvalue weighted by Gasteiger charge is -2.12. The van der Waals surface area contributed by atoms with Gasteiger partial charge in [0.25, 0.3) is 5.91 Å². The minimum Gasteiger partial charge on any atom is -0.365 e. The van der Waals surface area contributed by atoms with E-state index in [4.69, 9.17) is 10.00 Å². The largest absolute Gasteiger partial charge is 0.365 e. The fraction of sp³-hybridized carbons (Fsp3) is 0.286. The van der Waals surface area contributed by atoms with E-state index >= 15 is 0 Å². The topological polar surface area (TPSA) is 62.1 Å². The summed E-state index contributed by atoms with van der Waals surface area (Å²) < 4.78 is 5.31. The maximum absolute atomic E-state index is 11.8. The number of nitrogens with one attached hydrogen (secondary N) is 1. The van der Waals surface area contributed by atoms with Crippen molar-refractivity contribution < 1.29 is 9.53 Å². The molecule has 18 heavy (non-hydrogen) atoms. The second-order valence-corrected chi connectivity index (χ2v) is 3.69. The number of nitrogens with zero attached hydrogens (tertiary/aromatic N) is 1. The molecule has 0 fully saturated rings. The van der Waals surface area contributed by atoms with E-state index in [1.165, 1.54) is 0 Å². The number of rotatable bonds is 5. The smallest absolute Gasteiger partial charge is 0.253 e. The molecule has 0 saturated heterocycles. The summed E-state index contributed by atoms with van der Waals surface area (Å²) in [6, 6.07) is 8.88. The number of hydrogen-bond donors (Lipinski definition) is 1. The van der Waals surface area contributed by atoms with Gasteiger partial charge in [-0.15, -0.1) is 0 Å². The Morgan fingerprint density at radius 3 is 2.94 bits per heavy atom. The third-order valence-electron chi connectivity index (χ3n) is 2.35. The summed E-state index contributed by atoms with van der Waals surface area (Å²) >= 11 is 0. The van der Waals surface area contributed by atoms with Crippen LogP contribution in [0, 0.1) is 11.3 Å². The number of benzene rings is 1. The Kier molecular flexibility index (Phi) is 5.62. The lowest BCUT2D eigenvalue weighted by Crippen LogP contribution is -2.28. The number of carbonyl (C=O) groups is 1. The molecule has 0 aliphatic carbocycles. The van der Waals surface area contributed by atoms with E-state index in [2.05, 4.69) is 5.32 Å². The summed E-state index contributed by atoms with van der Waals surface area (Å²) in [6.45, 7) is 3.95. The van der Waals surface area contributed by atoms with Crippen molar-refractivity contribution in [2.24, 2.45) is 0 Å². The van der Waals surface area contributed by atoms with Gasteiger partial charge in [-0.05, 0) is 26.0 Å². The first kappa shape index (κ1) is 13.9. The molecule has 1 unspecified atom stereocenters. The van der Waals surface area contributed by atoms with E-state index in [1.807, 2.05) is 25.1 Å². The predicted octanol–water partition coefficient (Wildman–Crippen LogP) is 2.48. The number of anilines is 1. The van der Waals surface area contributed by atoms with Crippen molar-refractivity contribution in [2.45, 2.75) is 20.0 Å². The molecule has 94 valence electrons. The zero-order valence-corrected chi connectivity index (χ0v) is 10.5. The van der Waals surface area contributed by atoms with Gasteiger partial charge in [0.05, 0.1) is 17.9 Å². The molecule has 0 saturated carbocycles. The van der Waals surface area contributed by atoms with Gasteiger partial charge in [-0.3, -0.25) is 4.79 Å². The average Bonchev–Trinajstić information content (AvgIpc) is 2.39. The van der Waals surface area contributed by atoms with Gasteiger partial charge in [-0.2, -0.15) is 5.26 Å². The molecule has 0 aliphatic rings.